The summed E-state index contributed by atoms with van der Waals surface area (Å²) >= 11 is 0. The summed E-state index contributed by atoms with van der Waals surface area (Å²) in [5, 5.41) is 7.02. The van der Waals surface area contributed by atoms with Gasteiger partial charge < -0.3 is 14.2 Å². The van der Waals surface area contributed by atoms with Crippen molar-refractivity contribution in [3.63, 3.8) is 0 Å². The second-order valence-electron chi connectivity index (χ2n) is 5.73. The number of nitrogens with one attached hydrogen (secondary N) is 3. The lowest BCUT2D eigenvalue weighted by Gasteiger charge is -2.11. The summed E-state index contributed by atoms with van der Waals surface area (Å²) in [6, 6.07) is 3.79. The molecule has 30 heavy (non-hydrogen) atoms. The van der Waals surface area contributed by atoms with Crippen LogP contribution in [0, 0.1) is 5.82 Å². The summed E-state index contributed by atoms with van der Waals surface area (Å²) in [5.41, 5.74) is 1.05. The predicted molar refractivity (Wildman–Crippen MR) is 104 cm³/mol. The van der Waals surface area contributed by atoms with Crippen molar-refractivity contribution in [3.8, 4) is 5.75 Å². The van der Waals surface area contributed by atoms with Crippen molar-refractivity contribution < 1.29 is 37.8 Å². The van der Waals surface area contributed by atoms with Crippen LogP contribution in [0.15, 0.2) is 23.3 Å². The van der Waals surface area contributed by atoms with Crippen molar-refractivity contribution in [3.05, 3.63) is 24.0 Å². The Morgan fingerprint density at radius 3 is 1.97 bits per heavy atom. The van der Waals surface area contributed by atoms with Crippen LogP contribution in [-0.4, -0.2) is 49.0 Å². The Bertz CT molecular complexity index is 793. The summed E-state index contributed by atoms with van der Waals surface area (Å²) < 4.78 is 28.7. The molecule has 0 bridgehead atoms. The lowest BCUT2D eigenvalue weighted by atomic mass is 10.3. The number of halogens is 1. The van der Waals surface area contributed by atoms with Gasteiger partial charge in [0.2, 0.25) is 5.71 Å². The third-order valence-corrected chi connectivity index (χ3v) is 3.01. The van der Waals surface area contributed by atoms with Gasteiger partial charge in [-0.3, -0.25) is 25.6 Å². The number of carbonyl (C=O) groups excluding carboxylic acids is 4. The first kappa shape index (κ1) is 24.3. The van der Waals surface area contributed by atoms with Crippen molar-refractivity contribution in [2.24, 2.45) is 5.10 Å². The normalized spacial score (nSPS) is 9.93. The molecule has 0 aromatic heterocycles. The van der Waals surface area contributed by atoms with Gasteiger partial charge in [0, 0.05) is 6.07 Å². The largest absolute Gasteiger partial charge is 0.491 e. The highest BCUT2D eigenvalue weighted by Crippen LogP contribution is 2.21. The molecule has 1 aromatic rings. The second-order valence-corrected chi connectivity index (χ2v) is 5.73. The zero-order valence-corrected chi connectivity index (χ0v) is 16.9. The van der Waals surface area contributed by atoms with E-state index in [4.69, 9.17) is 4.74 Å². The molecule has 0 aliphatic rings. The number of rotatable bonds is 8. The van der Waals surface area contributed by atoms with E-state index in [2.05, 4.69) is 20.0 Å². The second kappa shape index (κ2) is 12.0. The SMILES string of the molecule is CCOC(=O)NC(=O)C(=NNc1ccc(OC(C)C)cc1F)C(=O)NC(=O)OCC. The number of nitrogens with zero attached hydrogens (tertiary/aromatic N) is 1. The topological polar surface area (TPSA) is 144 Å². The molecule has 1 rings (SSSR count). The molecular weight excluding hydrogens is 403 g/mol. The van der Waals surface area contributed by atoms with Crippen LogP contribution in [0.4, 0.5) is 19.7 Å². The number of imide groups is 2. The highest BCUT2D eigenvalue weighted by atomic mass is 19.1. The van der Waals surface area contributed by atoms with Gasteiger partial charge in [-0.15, -0.1) is 0 Å². The fourth-order valence-electron chi connectivity index (χ4n) is 1.89. The molecule has 1 aromatic carbocycles. The van der Waals surface area contributed by atoms with Gasteiger partial charge in [0.1, 0.15) is 5.75 Å². The Hall–Kier alpha value is -3.70. The predicted octanol–water partition coefficient (Wildman–Crippen LogP) is 1.93. The van der Waals surface area contributed by atoms with Gasteiger partial charge in [-0.2, -0.15) is 5.10 Å². The van der Waals surface area contributed by atoms with E-state index in [9.17, 15) is 23.6 Å². The van der Waals surface area contributed by atoms with Crippen LogP contribution >= 0.6 is 0 Å². The van der Waals surface area contributed by atoms with Gasteiger partial charge in [0.25, 0.3) is 11.8 Å². The van der Waals surface area contributed by atoms with Gasteiger partial charge in [-0.05, 0) is 39.8 Å². The molecule has 0 heterocycles. The van der Waals surface area contributed by atoms with Crippen LogP contribution in [-0.2, 0) is 19.1 Å². The molecule has 0 unspecified atom stereocenters. The standard InChI is InChI=1S/C18H23FN4O7/c1-5-28-17(26)20-15(24)14(16(25)21-18(27)29-6-2)23-22-13-8-7-11(9-12(13)19)30-10(3)4/h7-10,22H,5-6H2,1-4H3,(H,20,24,26)(H,21,25,27). The Morgan fingerprint density at radius 2 is 1.53 bits per heavy atom. The zero-order chi connectivity index (χ0) is 22.7. The maximum Gasteiger partial charge on any atom is 0.414 e. The summed E-state index contributed by atoms with van der Waals surface area (Å²) in [6.07, 6.45) is -2.45. The Labute approximate surface area is 171 Å². The fraction of sp³-hybridized carbons (Fsp3) is 0.389. The van der Waals surface area contributed by atoms with Gasteiger partial charge in [-0.1, -0.05) is 0 Å². The molecule has 0 saturated carbocycles. The third-order valence-electron chi connectivity index (χ3n) is 3.01. The maximum atomic E-state index is 14.2. The van der Waals surface area contributed by atoms with E-state index in [0.717, 1.165) is 6.07 Å². The van der Waals surface area contributed by atoms with Crippen LogP contribution in [0.25, 0.3) is 0 Å². The quantitative estimate of drug-likeness (QED) is 0.325. The Kier molecular flexibility index (Phi) is 9.73. The van der Waals surface area contributed by atoms with Gasteiger partial charge in [0.05, 0.1) is 25.0 Å². The van der Waals surface area contributed by atoms with E-state index in [0.29, 0.717) is 0 Å². The van der Waals surface area contributed by atoms with Crippen LogP contribution < -0.4 is 20.8 Å². The molecule has 0 spiro atoms. The summed E-state index contributed by atoms with van der Waals surface area (Å²) in [7, 11) is 0. The number of hydrazone groups is 1. The molecule has 4 amide bonds. The minimum Gasteiger partial charge on any atom is -0.491 e. The molecule has 3 N–H and O–H groups in total. The number of alkyl carbamates (subject to hydrolysis) is 2. The minimum atomic E-state index is -1.29. The number of benzene rings is 1. The van der Waals surface area contributed by atoms with Crippen molar-refractivity contribution in [2.75, 3.05) is 18.6 Å². The average molecular weight is 426 g/mol. The van der Waals surface area contributed by atoms with Crippen LogP contribution in [0.1, 0.15) is 27.7 Å². The van der Waals surface area contributed by atoms with E-state index in [-0.39, 0.29) is 30.8 Å². The zero-order valence-electron chi connectivity index (χ0n) is 16.9. The fourth-order valence-corrected chi connectivity index (χ4v) is 1.89. The highest BCUT2D eigenvalue weighted by Gasteiger charge is 2.25. The van der Waals surface area contributed by atoms with E-state index < -0.39 is 35.5 Å². The lowest BCUT2D eigenvalue weighted by Crippen LogP contribution is -2.46. The number of hydrogen-bond donors (Lipinski definition) is 3. The maximum absolute atomic E-state index is 14.2. The first-order valence-corrected chi connectivity index (χ1v) is 8.94. The van der Waals surface area contributed by atoms with Crippen molar-refractivity contribution in [1.82, 2.24) is 10.6 Å². The molecule has 164 valence electrons. The third kappa shape index (κ3) is 8.12. The van der Waals surface area contributed by atoms with Crippen LogP contribution in [0.2, 0.25) is 0 Å². The molecule has 0 fully saturated rings. The number of carbonyl (C=O) groups is 4. The Balaban J connectivity index is 3.06. The van der Waals surface area contributed by atoms with Gasteiger partial charge >= 0.3 is 12.2 Å². The van der Waals surface area contributed by atoms with Gasteiger partial charge in [0.15, 0.2) is 5.82 Å². The van der Waals surface area contributed by atoms with E-state index >= 15 is 0 Å². The van der Waals surface area contributed by atoms with Crippen LogP contribution in [0.5, 0.6) is 5.75 Å². The first-order chi connectivity index (χ1) is 14.2. The number of hydrogen-bond acceptors (Lipinski definition) is 9. The molecule has 0 saturated heterocycles. The van der Waals surface area contributed by atoms with Crippen molar-refractivity contribution in [2.45, 2.75) is 33.8 Å². The van der Waals surface area contributed by atoms with Gasteiger partial charge in [-0.25, -0.2) is 14.0 Å². The summed E-state index contributed by atoms with van der Waals surface area (Å²) in [5.74, 6) is -3.10. The summed E-state index contributed by atoms with van der Waals surface area (Å²) in [6.45, 7) is 6.48. The molecular formula is C18H23FN4O7. The number of amides is 4. The molecule has 0 aliphatic heterocycles. The van der Waals surface area contributed by atoms with Crippen molar-refractivity contribution in [1.29, 1.82) is 0 Å². The van der Waals surface area contributed by atoms with E-state index in [1.165, 1.54) is 26.0 Å². The molecule has 12 heteroatoms. The number of anilines is 1. The smallest absolute Gasteiger partial charge is 0.414 e. The molecule has 0 atom stereocenters. The van der Waals surface area contributed by atoms with E-state index in [1.807, 2.05) is 0 Å². The molecule has 0 radical (unpaired) electrons. The average Bonchev–Trinajstić information content (AvgIpc) is 2.63. The number of ether oxygens (including phenoxy) is 3. The van der Waals surface area contributed by atoms with Crippen molar-refractivity contribution >= 4 is 35.4 Å². The molecule has 11 nitrogen and oxygen atoms in total. The molecule has 0 aliphatic carbocycles. The minimum absolute atomic E-state index is 0.0329. The lowest BCUT2D eigenvalue weighted by molar-refractivity contribution is -0.118. The summed E-state index contributed by atoms with van der Waals surface area (Å²) in [4.78, 5) is 47.2. The van der Waals surface area contributed by atoms with E-state index in [1.54, 1.807) is 24.5 Å². The monoisotopic (exact) mass is 426 g/mol. The van der Waals surface area contributed by atoms with Crippen LogP contribution in [0.3, 0.4) is 0 Å². The highest BCUT2D eigenvalue weighted by molar-refractivity contribution is 6.66. The Morgan fingerprint density at radius 1 is 1.00 bits per heavy atom. The first-order valence-electron chi connectivity index (χ1n) is 8.94.